The lowest BCUT2D eigenvalue weighted by molar-refractivity contribution is 0.668. The summed E-state index contributed by atoms with van der Waals surface area (Å²) in [6.07, 6.45) is 0. The van der Waals surface area contributed by atoms with Gasteiger partial charge in [0, 0.05) is 49.0 Å². The molecule has 0 aliphatic rings. The molecule has 59 heavy (non-hydrogen) atoms. The van der Waals surface area contributed by atoms with Crippen LogP contribution in [0.5, 0.6) is 0 Å². The fraction of sp³-hybridized carbons (Fsp3) is 0. The van der Waals surface area contributed by atoms with E-state index in [1.165, 1.54) is 21.5 Å². The van der Waals surface area contributed by atoms with E-state index in [-0.39, 0.29) is 0 Å². The lowest BCUT2D eigenvalue weighted by Gasteiger charge is -2.15. The van der Waals surface area contributed by atoms with Crippen molar-refractivity contribution in [3.05, 3.63) is 182 Å². The minimum atomic E-state index is 0.534. The highest BCUT2D eigenvalue weighted by molar-refractivity contribution is 6.15. The maximum absolute atomic E-state index is 6.60. The van der Waals surface area contributed by atoms with Gasteiger partial charge in [-0.15, -0.1) is 0 Å². The number of rotatable bonds is 4. The molecule has 274 valence electrons. The summed E-state index contributed by atoms with van der Waals surface area (Å²) in [4.78, 5) is 16.1. The number of hydrogen-bond acceptors (Lipinski definition) is 5. The minimum absolute atomic E-state index is 0.534. The molecule has 0 fully saturated rings. The first-order valence-corrected chi connectivity index (χ1v) is 19.8. The van der Waals surface area contributed by atoms with Crippen molar-refractivity contribution in [1.29, 1.82) is 0 Å². The average Bonchev–Trinajstić information content (AvgIpc) is 3.96. The van der Waals surface area contributed by atoms with E-state index in [0.29, 0.717) is 17.5 Å². The number of fused-ring (bicyclic) bond motifs is 11. The predicted octanol–water partition coefficient (Wildman–Crippen LogP) is 14.1. The first-order chi connectivity index (χ1) is 29.2. The van der Waals surface area contributed by atoms with E-state index in [9.17, 15) is 0 Å². The van der Waals surface area contributed by atoms with E-state index in [1.807, 2.05) is 42.5 Å². The van der Waals surface area contributed by atoms with Gasteiger partial charge in [0.2, 0.25) is 0 Å². The van der Waals surface area contributed by atoms with Gasteiger partial charge in [-0.3, -0.25) is 0 Å². The zero-order chi connectivity index (χ0) is 38.6. The minimum Gasteiger partial charge on any atom is -0.456 e. The van der Waals surface area contributed by atoms with Crippen LogP contribution in [0.1, 0.15) is 0 Å². The Bertz CT molecular complexity index is 3870. The van der Waals surface area contributed by atoms with Gasteiger partial charge >= 0.3 is 0 Å². The molecule has 13 aromatic rings. The number of nitrogens with zero attached hydrogens (tertiary/aromatic N) is 4. The van der Waals surface area contributed by atoms with Crippen LogP contribution in [-0.2, 0) is 0 Å². The highest BCUT2D eigenvalue weighted by Gasteiger charge is 2.24. The first-order valence-electron chi connectivity index (χ1n) is 19.8. The van der Waals surface area contributed by atoms with Crippen molar-refractivity contribution in [3.8, 4) is 39.9 Å². The van der Waals surface area contributed by atoms with E-state index in [0.717, 1.165) is 88.1 Å². The zero-order valence-electron chi connectivity index (χ0n) is 31.4. The van der Waals surface area contributed by atoms with Crippen LogP contribution in [0.4, 0.5) is 0 Å². The van der Waals surface area contributed by atoms with E-state index >= 15 is 0 Å². The Labute approximate surface area is 336 Å². The second kappa shape index (κ2) is 12.2. The molecular formula is C53H30N4O2. The second-order valence-electron chi connectivity index (χ2n) is 15.2. The molecule has 0 saturated heterocycles. The molecule has 0 spiro atoms. The van der Waals surface area contributed by atoms with Gasteiger partial charge in [-0.25, -0.2) is 15.0 Å². The molecule has 0 bridgehead atoms. The van der Waals surface area contributed by atoms with Crippen LogP contribution in [0.25, 0.3) is 127 Å². The van der Waals surface area contributed by atoms with Crippen molar-refractivity contribution in [3.63, 3.8) is 0 Å². The smallest absolute Gasteiger partial charge is 0.166 e. The van der Waals surface area contributed by atoms with Crippen molar-refractivity contribution in [1.82, 2.24) is 19.5 Å². The molecule has 9 aromatic carbocycles. The second-order valence-corrected chi connectivity index (χ2v) is 15.2. The molecule has 0 radical (unpaired) electrons. The Morgan fingerprint density at radius 3 is 1.78 bits per heavy atom. The summed E-state index contributed by atoms with van der Waals surface area (Å²) in [6, 6.07) is 63.4. The van der Waals surface area contributed by atoms with E-state index in [1.54, 1.807) is 0 Å². The van der Waals surface area contributed by atoms with Gasteiger partial charge in [-0.1, -0.05) is 127 Å². The summed E-state index contributed by atoms with van der Waals surface area (Å²) in [5, 5.41) is 11.0. The number of para-hydroxylation sites is 3. The van der Waals surface area contributed by atoms with Gasteiger partial charge in [0.25, 0.3) is 0 Å². The quantitative estimate of drug-likeness (QED) is 0.179. The third-order valence-electron chi connectivity index (χ3n) is 11.8. The van der Waals surface area contributed by atoms with Gasteiger partial charge in [-0.05, 0) is 76.1 Å². The fourth-order valence-electron chi connectivity index (χ4n) is 9.07. The molecule has 6 heteroatoms. The van der Waals surface area contributed by atoms with E-state index in [2.05, 4.69) is 144 Å². The fourth-order valence-corrected chi connectivity index (χ4v) is 9.07. The lowest BCUT2D eigenvalue weighted by Crippen LogP contribution is -2.04. The van der Waals surface area contributed by atoms with Crippen LogP contribution in [0.3, 0.4) is 0 Å². The Morgan fingerprint density at radius 2 is 0.949 bits per heavy atom. The Kier molecular flexibility index (Phi) is 6.63. The largest absolute Gasteiger partial charge is 0.456 e. The van der Waals surface area contributed by atoms with Crippen LogP contribution < -0.4 is 0 Å². The first kappa shape index (κ1) is 32.0. The third-order valence-corrected chi connectivity index (χ3v) is 11.8. The zero-order valence-corrected chi connectivity index (χ0v) is 31.4. The van der Waals surface area contributed by atoms with Crippen molar-refractivity contribution in [2.75, 3.05) is 0 Å². The standard InChI is InChI=1S/C53H30N4O2/c1-2-13-32-26-35(25-24-31(32)12-1)51-54-52(39-19-11-23-48-50(39)38-18-7-10-22-47(38)58-48)56-53(55-51)42-30-49-41(37-17-6-9-21-46(37)59-49)29-45(42)57-43-20-8-5-16-36(43)40-27-33-14-3-4-15-34(33)28-44(40)57/h1-30H. The van der Waals surface area contributed by atoms with Crippen molar-refractivity contribution < 1.29 is 8.83 Å². The summed E-state index contributed by atoms with van der Waals surface area (Å²) in [7, 11) is 0. The van der Waals surface area contributed by atoms with Gasteiger partial charge < -0.3 is 13.4 Å². The maximum Gasteiger partial charge on any atom is 0.166 e. The van der Waals surface area contributed by atoms with Gasteiger partial charge in [0.05, 0.1) is 16.7 Å². The SMILES string of the molecule is c1ccc2cc(-c3nc(-c4cc5oc6ccccc6c5cc4-n4c5ccccc5c5cc6ccccc6cc54)nc(-c4cccc5oc6ccccc6c45)n3)ccc2c1. The van der Waals surface area contributed by atoms with Gasteiger partial charge in [0.1, 0.15) is 22.3 Å². The molecule has 0 aliphatic carbocycles. The molecular weight excluding hydrogens is 725 g/mol. The molecule has 4 heterocycles. The molecule has 0 N–H and O–H groups in total. The summed E-state index contributed by atoms with van der Waals surface area (Å²) >= 11 is 0. The molecule has 0 unspecified atom stereocenters. The summed E-state index contributed by atoms with van der Waals surface area (Å²) in [6.45, 7) is 0. The monoisotopic (exact) mass is 754 g/mol. The Hall–Kier alpha value is -8.09. The lowest BCUT2D eigenvalue weighted by atomic mass is 10.0. The molecule has 13 rings (SSSR count). The average molecular weight is 755 g/mol. The van der Waals surface area contributed by atoms with Crippen LogP contribution >= 0.6 is 0 Å². The van der Waals surface area contributed by atoms with E-state index < -0.39 is 0 Å². The number of aromatic nitrogens is 4. The van der Waals surface area contributed by atoms with E-state index in [4.69, 9.17) is 23.8 Å². The van der Waals surface area contributed by atoms with Gasteiger partial charge in [-0.2, -0.15) is 0 Å². The maximum atomic E-state index is 6.60. The number of benzene rings is 9. The highest BCUT2D eigenvalue weighted by atomic mass is 16.3. The Morgan fingerprint density at radius 1 is 0.339 bits per heavy atom. The van der Waals surface area contributed by atoms with Crippen molar-refractivity contribution >= 4 is 87.2 Å². The third kappa shape index (κ3) is 4.84. The molecule has 0 aliphatic heterocycles. The Balaban J connectivity index is 1.16. The highest BCUT2D eigenvalue weighted by Crippen LogP contribution is 2.42. The van der Waals surface area contributed by atoms with Crippen LogP contribution in [0, 0.1) is 0 Å². The van der Waals surface area contributed by atoms with Crippen LogP contribution in [0.15, 0.2) is 191 Å². The molecule has 0 atom stereocenters. The molecule has 0 saturated carbocycles. The summed E-state index contributed by atoms with van der Waals surface area (Å²) < 4.78 is 15.3. The number of furan rings is 2. The molecule has 6 nitrogen and oxygen atoms in total. The van der Waals surface area contributed by atoms with Gasteiger partial charge in [0.15, 0.2) is 17.5 Å². The predicted molar refractivity (Wildman–Crippen MR) is 240 cm³/mol. The van der Waals surface area contributed by atoms with Crippen molar-refractivity contribution in [2.24, 2.45) is 0 Å². The number of hydrogen-bond donors (Lipinski definition) is 0. The topological polar surface area (TPSA) is 69.9 Å². The summed E-state index contributed by atoms with van der Waals surface area (Å²) in [5.41, 5.74) is 8.89. The van der Waals surface area contributed by atoms with Crippen LogP contribution in [0.2, 0.25) is 0 Å². The molecule has 4 aromatic heterocycles. The summed E-state index contributed by atoms with van der Waals surface area (Å²) in [5.74, 6) is 1.66. The van der Waals surface area contributed by atoms with Crippen LogP contribution in [-0.4, -0.2) is 19.5 Å². The molecule has 0 amide bonds. The van der Waals surface area contributed by atoms with Crippen molar-refractivity contribution in [2.45, 2.75) is 0 Å². The normalized spacial score (nSPS) is 12.1.